The molecule has 105 heavy (non-hydrogen) atoms. The number of amides is 12. The van der Waals surface area contributed by atoms with Gasteiger partial charge in [-0.25, -0.2) is 13.8 Å². The molecule has 0 radical (unpaired) electrons. The first-order valence-corrected chi connectivity index (χ1v) is 34.1. The molecule has 3 aliphatic rings. The van der Waals surface area contributed by atoms with Crippen LogP contribution in [0.1, 0.15) is 99.2 Å². The molecule has 16 N–H and O–H groups in total. The maximum atomic E-state index is 15.3. The number of aromatic amines is 3. The minimum Gasteiger partial charge on any atom is -0.497 e. The number of fused-ring (bicyclic) bond motifs is 36. The van der Waals surface area contributed by atoms with Crippen LogP contribution in [0.4, 0.5) is 8.78 Å². The molecule has 6 heterocycles. The molecule has 7 aromatic rings. The van der Waals surface area contributed by atoms with E-state index < -0.39 is 169 Å². The Balaban J connectivity index is 1.06. The summed E-state index contributed by atoms with van der Waals surface area (Å²) in [6.07, 6.45) is 3.08. The highest BCUT2D eigenvalue weighted by molar-refractivity contribution is 6.01. The van der Waals surface area contributed by atoms with E-state index in [1.807, 2.05) is 0 Å². The topological polar surface area (TPSA) is 461 Å². The van der Waals surface area contributed by atoms with Gasteiger partial charge < -0.3 is 88.6 Å². The number of carboxylic acids is 1. The molecule has 556 valence electrons. The van der Waals surface area contributed by atoms with E-state index in [-0.39, 0.29) is 79.9 Å². The summed E-state index contributed by atoms with van der Waals surface area (Å²) in [6, 6.07) is 7.63. The second-order valence-electron chi connectivity index (χ2n) is 26.3. The van der Waals surface area contributed by atoms with Crippen LogP contribution in [0.25, 0.3) is 21.8 Å². The van der Waals surface area contributed by atoms with Crippen LogP contribution in [0.2, 0.25) is 0 Å². The summed E-state index contributed by atoms with van der Waals surface area (Å²) >= 11 is 0. The SMILES string of the molecule is COc1ccc(C[C@@H]2NC(=O)[C@H](Cc3cnc[nH]3)NC(=O)[C@H](CC(=O)O)NC(=O)[C@H](Cc3c[nH]c4ccc(F)cc34)NC(=O)[C@H](Cc3c[nH]c4ccc(F)cc34)NC(=O)[C@@H](C)NC(=O)[C@H](NC(C)=O)CCCCNC(=O)Cc3ccc(cc3)CNC(=O)C[C@@H](C(N)=O)NC(=O)[C@]3(C)CCCN3C2=O)cc1. The van der Waals surface area contributed by atoms with E-state index in [0.29, 0.717) is 51.7 Å². The molecule has 4 aromatic carbocycles. The highest BCUT2D eigenvalue weighted by Gasteiger charge is 2.49. The number of hydrogen-bond acceptors (Lipinski definition) is 15. The molecule has 10 rings (SSSR count). The molecule has 31 nitrogen and oxygen atoms in total. The van der Waals surface area contributed by atoms with E-state index in [1.165, 1.54) is 88.0 Å². The monoisotopic (exact) mass is 1450 g/mol. The number of H-pyrrole nitrogens is 3. The lowest BCUT2D eigenvalue weighted by molar-refractivity contribution is -0.147. The predicted molar refractivity (Wildman–Crippen MR) is 374 cm³/mol. The highest BCUT2D eigenvalue weighted by Crippen LogP contribution is 2.32. The maximum Gasteiger partial charge on any atom is 0.305 e. The number of rotatable bonds is 13. The zero-order valence-corrected chi connectivity index (χ0v) is 58.0. The lowest BCUT2D eigenvalue weighted by Crippen LogP contribution is -2.63. The van der Waals surface area contributed by atoms with Crippen molar-refractivity contribution in [3.05, 3.63) is 155 Å². The number of carbonyl (C=O) groups is 13. The summed E-state index contributed by atoms with van der Waals surface area (Å²) in [5.74, 6) is -13.2. The van der Waals surface area contributed by atoms with Gasteiger partial charge in [0.1, 0.15) is 71.3 Å². The van der Waals surface area contributed by atoms with Crippen molar-refractivity contribution in [2.45, 2.75) is 158 Å². The van der Waals surface area contributed by atoms with Gasteiger partial charge >= 0.3 is 5.97 Å². The van der Waals surface area contributed by atoms with Gasteiger partial charge in [0.15, 0.2) is 0 Å². The zero-order chi connectivity index (χ0) is 75.6. The summed E-state index contributed by atoms with van der Waals surface area (Å²) in [5.41, 5.74) is 7.32. The molecule has 0 saturated carbocycles. The van der Waals surface area contributed by atoms with Crippen LogP contribution in [0, 0.1) is 11.6 Å². The van der Waals surface area contributed by atoms with Crippen LogP contribution in [0.3, 0.4) is 0 Å². The fraction of sp³-hybridized carbons (Fsp3) is 0.389. The lowest BCUT2D eigenvalue weighted by Gasteiger charge is -2.37. The van der Waals surface area contributed by atoms with Crippen molar-refractivity contribution in [3.63, 3.8) is 0 Å². The maximum absolute atomic E-state index is 15.3. The molecule has 3 aromatic heterocycles. The third kappa shape index (κ3) is 20.8. The van der Waals surface area contributed by atoms with Gasteiger partial charge in [-0.1, -0.05) is 36.4 Å². The van der Waals surface area contributed by atoms with Crippen LogP contribution >= 0.6 is 0 Å². The second kappa shape index (κ2) is 35.2. The number of benzene rings is 4. The number of nitrogens with one attached hydrogen (secondary N) is 13. The molecule has 0 aliphatic carbocycles. The molecule has 33 heteroatoms. The summed E-state index contributed by atoms with van der Waals surface area (Å²) in [7, 11) is 1.44. The molecule has 12 amide bonds. The Morgan fingerprint density at radius 1 is 0.648 bits per heavy atom. The smallest absolute Gasteiger partial charge is 0.305 e. The van der Waals surface area contributed by atoms with Gasteiger partial charge in [-0.05, 0) is 122 Å². The Morgan fingerprint density at radius 3 is 1.79 bits per heavy atom. The standard InChI is InChI=1S/C72H84F2N16O15/c1-38-64(97)84-55(26-43-34-78-51-19-15-45(73)28-49(43)51)66(99)85-56(27-44-35-79-52-20-16-46(74)29-50(44)52)67(100)87-58(32-62(94)95)69(102)86-57(30-47-36-76-37-81-47)68(101)88-59(24-40-13-17-48(105-4)18-14-40)70(103)90-23-7-21-72(90,3)71(104)89-54(63(75)96)31-61(93)80-33-42-11-9-41(10-12-42)25-60(92)77-22-6-5-8-53(65(98)82-38)83-39(2)91/h9-20,28-29,34-38,53-59,78-79H,5-8,21-27,30-33H2,1-4H3,(H2,75,96)(H,76,81)(H,77,92)(H,80,93)(H,82,98)(H,83,91)(H,84,97)(H,85,99)(H,86,102)(H,87,100)(H,88,101)(H,89,104)(H,94,95)/t38-,53-,54+,55+,56+,57+,58+,59+,72+/m1/s1. The van der Waals surface area contributed by atoms with Crippen molar-refractivity contribution in [2.75, 3.05) is 20.2 Å². The molecular formula is C72H84F2N16O15. The van der Waals surface area contributed by atoms with Gasteiger partial charge in [-0.15, -0.1) is 0 Å². The number of carboxylic acid groups (broad SMARTS) is 1. The summed E-state index contributed by atoms with van der Waals surface area (Å²) in [5, 5.41) is 37.0. The fourth-order valence-electron chi connectivity index (χ4n) is 12.6. The number of carbonyl (C=O) groups excluding carboxylic acids is 12. The zero-order valence-electron chi connectivity index (χ0n) is 58.0. The summed E-state index contributed by atoms with van der Waals surface area (Å²) in [4.78, 5) is 197. The first-order chi connectivity index (χ1) is 50.1. The molecular weight excluding hydrogens is 1370 g/mol. The Hall–Kier alpha value is -12.1. The third-order valence-corrected chi connectivity index (χ3v) is 18.4. The average Bonchev–Trinajstić information content (AvgIpc) is 1.72. The molecule has 0 spiro atoms. The van der Waals surface area contributed by atoms with E-state index in [2.05, 4.69) is 73.1 Å². The van der Waals surface area contributed by atoms with Crippen molar-refractivity contribution < 1.29 is 81.0 Å². The van der Waals surface area contributed by atoms with Gasteiger partial charge in [-0.2, -0.15) is 0 Å². The Labute approximate surface area is 600 Å². The number of methoxy groups -OCH3 is 1. The summed E-state index contributed by atoms with van der Waals surface area (Å²) < 4.78 is 35.3. The van der Waals surface area contributed by atoms with Crippen LogP contribution in [0.5, 0.6) is 5.75 Å². The fourth-order valence-corrected chi connectivity index (χ4v) is 12.6. The normalized spacial score (nSPS) is 23.1. The van der Waals surface area contributed by atoms with Crippen molar-refractivity contribution >= 4 is 98.7 Å². The molecule has 3 aliphatic heterocycles. The number of nitrogens with two attached hydrogens (primary N) is 1. The van der Waals surface area contributed by atoms with Gasteiger partial charge in [-0.3, -0.25) is 62.3 Å². The van der Waals surface area contributed by atoms with Crippen molar-refractivity contribution in [2.24, 2.45) is 5.73 Å². The van der Waals surface area contributed by atoms with Crippen LogP contribution in [0.15, 0.2) is 110 Å². The molecule has 0 unspecified atom stereocenters. The molecule has 1 fully saturated rings. The summed E-state index contributed by atoms with van der Waals surface area (Å²) in [6.45, 7) is 4.02. The third-order valence-electron chi connectivity index (χ3n) is 18.4. The molecule has 9 atom stereocenters. The van der Waals surface area contributed by atoms with Crippen molar-refractivity contribution in [3.8, 4) is 5.75 Å². The van der Waals surface area contributed by atoms with Crippen molar-refractivity contribution in [1.29, 1.82) is 0 Å². The number of ether oxygens (including phenoxy) is 1. The average molecular weight is 1450 g/mol. The lowest BCUT2D eigenvalue weighted by atomic mass is 9.95. The van der Waals surface area contributed by atoms with Gasteiger partial charge in [0.05, 0.1) is 32.7 Å². The number of halogens is 2. The Kier molecular flexibility index (Phi) is 25.9. The second-order valence-corrected chi connectivity index (χ2v) is 26.3. The van der Waals surface area contributed by atoms with Gasteiger partial charge in [0.2, 0.25) is 70.9 Å². The first-order valence-electron chi connectivity index (χ1n) is 34.1. The molecule has 2 bridgehead atoms. The number of aliphatic carboxylic acids is 1. The first kappa shape index (κ1) is 77.1. The van der Waals surface area contributed by atoms with E-state index in [4.69, 9.17) is 10.5 Å². The van der Waals surface area contributed by atoms with E-state index >= 15 is 19.2 Å². The number of imidazole rings is 1. The van der Waals surface area contributed by atoms with Gasteiger partial charge in [0, 0.05) is 98.3 Å². The van der Waals surface area contributed by atoms with E-state index in [0.717, 1.165) is 6.07 Å². The quantitative estimate of drug-likeness (QED) is 0.0708. The number of aromatic nitrogens is 4. The van der Waals surface area contributed by atoms with Crippen LogP contribution < -0.4 is 63.6 Å². The molecule has 1 saturated heterocycles. The number of hydrogen-bond donors (Lipinski definition) is 15. The van der Waals surface area contributed by atoms with Crippen LogP contribution in [-0.2, 0) is 101 Å². The highest BCUT2D eigenvalue weighted by atomic mass is 19.1. The minimum atomic E-state index is -2.08. The largest absolute Gasteiger partial charge is 0.497 e. The van der Waals surface area contributed by atoms with E-state index in [9.17, 15) is 57.0 Å². The number of primary amides is 1. The van der Waals surface area contributed by atoms with Crippen LogP contribution in [-0.4, -0.2) is 181 Å². The minimum absolute atomic E-state index is 0.0305. The Morgan fingerprint density at radius 2 is 1.22 bits per heavy atom. The van der Waals surface area contributed by atoms with E-state index in [1.54, 1.807) is 48.5 Å². The number of nitrogens with zero attached hydrogens (tertiary/aromatic N) is 2. The Bertz CT molecular complexity index is 4380. The van der Waals surface area contributed by atoms with Gasteiger partial charge in [0.25, 0.3) is 0 Å². The van der Waals surface area contributed by atoms with Crippen molar-refractivity contribution in [1.82, 2.24) is 78.0 Å². The predicted octanol–water partition coefficient (Wildman–Crippen LogP) is 0.738.